The fourth-order valence-corrected chi connectivity index (χ4v) is 5.25. The quantitative estimate of drug-likeness (QED) is 0.272. The van der Waals surface area contributed by atoms with Gasteiger partial charge in [0.2, 0.25) is 5.91 Å². The Morgan fingerprint density at radius 1 is 1.20 bits per heavy atom. The van der Waals surface area contributed by atoms with Crippen LogP contribution in [0.4, 0.5) is 16.2 Å². The van der Waals surface area contributed by atoms with Gasteiger partial charge in [-0.25, -0.2) is 14.8 Å². The lowest BCUT2D eigenvalue weighted by Gasteiger charge is -2.31. The lowest BCUT2D eigenvalue weighted by Crippen LogP contribution is -2.42. The Morgan fingerprint density at radius 3 is 2.60 bits per heavy atom. The largest absolute Gasteiger partial charge is 0.495 e. The highest BCUT2D eigenvalue weighted by molar-refractivity contribution is 7.99. The highest BCUT2D eigenvalue weighted by Gasteiger charge is 2.25. The SMILES string of the molecule is COc1ccc(NC(=O)CSc2nc3c(C)c(C#N)ncc3[nH]2)cc1NC1CCC(NC(=O)OC(C)(C)C)CC1. The molecule has 3 aromatic rings. The number of aryl methyl sites for hydroxylation is 1. The monoisotopic (exact) mass is 565 g/mol. The number of fused-ring (bicyclic) bond motifs is 1. The van der Waals surface area contributed by atoms with Crippen molar-refractivity contribution in [2.24, 2.45) is 0 Å². The van der Waals surface area contributed by atoms with Gasteiger partial charge in [0.25, 0.3) is 0 Å². The van der Waals surface area contributed by atoms with Crippen LogP contribution in [0.1, 0.15) is 57.7 Å². The number of methoxy groups -OCH3 is 1. The fraction of sp³-hybridized carbons (Fsp3) is 0.464. The molecule has 1 aliphatic rings. The van der Waals surface area contributed by atoms with Crippen LogP contribution >= 0.6 is 11.8 Å². The van der Waals surface area contributed by atoms with Gasteiger partial charge in [0.1, 0.15) is 23.1 Å². The minimum atomic E-state index is -0.522. The number of rotatable bonds is 8. The highest BCUT2D eigenvalue weighted by Crippen LogP contribution is 2.31. The number of pyridine rings is 1. The zero-order valence-electron chi connectivity index (χ0n) is 23.4. The molecule has 12 heteroatoms. The third kappa shape index (κ3) is 7.57. The summed E-state index contributed by atoms with van der Waals surface area (Å²) in [6.45, 7) is 7.35. The molecule has 0 spiro atoms. The van der Waals surface area contributed by atoms with E-state index in [1.165, 1.54) is 11.8 Å². The van der Waals surface area contributed by atoms with Crippen LogP contribution < -0.4 is 20.7 Å². The molecule has 4 N–H and O–H groups in total. The van der Waals surface area contributed by atoms with E-state index in [-0.39, 0.29) is 29.8 Å². The zero-order valence-corrected chi connectivity index (χ0v) is 24.2. The van der Waals surface area contributed by atoms with Crippen LogP contribution in [-0.2, 0) is 9.53 Å². The standard InChI is InChI=1S/C28H35N7O4S/c1-16-21(13-29)30-14-22-25(16)35-26(34-22)40-15-24(36)32-19-10-11-23(38-5)20(12-19)31-17-6-8-18(9-7-17)33-27(37)39-28(2,3)4/h10-12,14,17-18,31H,6-9,15H2,1-5H3,(H,32,36)(H,33,37)(H,34,35). The van der Waals surface area contributed by atoms with Crippen molar-refractivity contribution in [1.82, 2.24) is 20.3 Å². The second-order valence-electron chi connectivity index (χ2n) is 10.7. The van der Waals surface area contributed by atoms with Crippen molar-refractivity contribution in [3.63, 3.8) is 0 Å². The minimum Gasteiger partial charge on any atom is -0.495 e. The van der Waals surface area contributed by atoms with E-state index >= 15 is 0 Å². The van der Waals surface area contributed by atoms with E-state index < -0.39 is 5.60 Å². The number of nitrogens with one attached hydrogen (secondary N) is 4. The van der Waals surface area contributed by atoms with E-state index in [0.29, 0.717) is 33.4 Å². The van der Waals surface area contributed by atoms with E-state index in [1.807, 2.05) is 32.9 Å². The fourth-order valence-electron chi connectivity index (χ4n) is 4.57. The maximum atomic E-state index is 12.7. The normalized spacial score (nSPS) is 17.1. The van der Waals surface area contributed by atoms with Crippen molar-refractivity contribution >= 4 is 46.2 Å². The first-order chi connectivity index (χ1) is 19.0. The van der Waals surface area contributed by atoms with Gasteiger partial charge < -0.3 is 30.4 Å². The van der Waals surface area contributed by atoms with E-state index in [0.717, 1.165) is 36.9 Å². The van der Waals surface area contributed by atoms with Gasteiger partial charge in [-0.05, 0) is 71.6 Å². The molecule has 11 nitrogen and oxygen atoms in total. The second kappa shape index (κ2) is 12.5. The molecule has 0 saturated heterocycles. The average Bonchev–Trinajstić information content (AvgIpc) is 3.32. The van der Waals surface area contributed by atoms with Crippen LogP contribution in [0.5, 0.6) is 5.75 Å². The minimum absolute atomic E-state index is 0.0817. The Bertz CT molecular complexity index is 1420. The van der Waals surface area contributed by atoms with Gasteiger partial charge in [-0.1, -0.05) is 11.8 Å². The number of hydrogen-bond donors (Lipinski definition) is 4. The molecular weight excluding hydrogens is 530 g/mol. The molecule has 4 rings (SSSR count). The molecular formula is C28H35N7O4S. The van der Waals surface area contributed by atoms with Gasteiger partial charge in [0.05, 0.1) is 35.8 Å². The number of hydrogen-bond acceptors (Lipinski definition) is 9. The van der Waals surface area contributed by atoms with Crippen molar-refractivity contribution < 1.29 is 19.1 Å². The zero-order chi connectivity index (χ0) is 28.9. The third-order valence-corrected chi connectivity index (χ3v) is 7.35. The van der Waals surface area contributed by atoms with Crippen LogP contribution in [0.25, 0.3) is 11.0 Å². The predicted octanol–water partition coefficient (Wildman–Crippen LogP) is 5.13. The highest BCUT2D eigenvalue weighted by atomic mass is 32.2. The maximum absolute atomic E-state index is 12.7. The lowest BCUT2D eigenvalue weighted by molar-refractivity contribution is -0.113. The van der Waals surface area contributed by atoms with E-state index in [1.54, 1.807) is 26.3 Å². The summed E-state index contributed by atoms with van der Waals surface area (Å²) in [7, 11) is 1.61. The summed E-state index contributed by atoms with van der Waals surface area (Å²) in [5.74, 6) is 0.660. The number of carbonyl (C=O) groups is 2. The summed E-state index contributed by atoms with van der Waals surface area (Å²) in [6.07, 6.45) is 4.61. The average molecular weight is 566 g/mol. The number of aromatic amines is 1. The molecule has 0 radical (unpaired) electrons. The van der Waals surface area contributed by atoms with Gasteiger partial charge in [-0.3, -0.25) is 4.79 Å². The predicted molar refractivity (Wildman–Crippen MR) is 155 cm³/mol. The molecule has 2 heterocycles. The van der Waals surface area contributed by atoms with Crippen LogP contribution in [-0.4, -0.2) is 57.5 Å². The van der Waals surface area contributed by atoms with Crippen molar-refractivity contribution in [2.45, 2.75) is 76.2 Å². The number of carbonyl (C=O) groups excluding carboxylic acids is 2. The Hall–Kier alpha value is -3.98. The third-order valence-electron chi connectivity index (χ3n) is 6.48. The topological polar surface area (TPSA) is 154 Å². The Kier molecular flexibility index (Phi) is 9.04. The summed E-state index contributed by atoms with van der Waals surface area (Å²) in [4.78, 5) is 36.6. The molecule has 2 aromatic heterocycles. The van der Waals surface area contributed by atoms with Gasteiger partial charge in [0.15, 0.2) is 5.16 Å². The molecule has 0 atom stereocenters. The molecule has 2 amide bonds. The van der Waals surface area contributed by atoms with Gasteiger partial charge in [-0.2, -0.15) is 5.26 Å². The first kappa shape index (κ1) is 29.0. The number of alkyl carbamates (subject to hydrolysis) is 1. The molecule has 1 saturated carbocycles. The van der Waals surface area contributed by atoms with Crippen LogP contribution in [0, 0.1) is 18.3 Å². The van der Waals surface area contributed by atoms with Crippen molar-refractivity contribution in [2.75, 3.05) is 23.5 Å². The molecule has 1 fully saturated rings. The Balaban J connectivity index is 1.30. The summed E-state index contributed by atoms with van der Waals surface area (Å²) in [6, 6.07) is 7.84. The van der Waals surface area contributed by atoms with Crippen LogP contribution in [0.15, 0.2) is 29.6 Å². The molecule has 0 unspecified atom stereocenters. The van der Waals surface area contributed by atoms with Crippen molar-refractivity contribution in [1.29, 1.82) is 5.26 Å². The number of nitrogens with zero attached hydrogens (tertiary/aromatic N) is 3. The number of H-pyrrole nitrogens is 1. The van der Waals surface area contributed by atoms with E-state index in [9.17, 15) is 14.9 Å². The van der Waals surface area contributed by atoms with E-state index in [2.05, 4.69) is 37.0 Å². The van der Waals surface area contributed by atoms with Crippen molar-refractivity contribution in [3.05, 3.63) is 35.7 Å². The Labute approximate surface area is 237 Å². The number of nitriles is 1. The number of benzene rings is 1. The number of amides is 2. The Morgan fingerprint density at radius 2 is 1.93 bits per heavy atom. The van der Waals surface area contributed by atoms with Crippen LogP contribution in [0.2, 0.25) is 0 Å². The second-order valence-corrected chi connectivity index (χ2v) is 11.7. The number of imidazole rings is 1. The van der Waals surface area contributed by atoms with Gasteiger partial charge in [-0.15, -0.1) is 0 Å². The maximum Gasteiger partial charge on any atom is 0.407 e. The number of thioether (sulfide) groups is 1. The van der Waals surface area contributed by atoms with Gasteiger partial charge in [0, 0.05) is 23.3 Å². The molecule has 0 bridgehead atoms. The summed E-state index contributed by atoms with van der Waals surface area (Å²) < 4.78 is 10.9. The van der Waals surface area contributed by atoms with E-state index in [4.69, 9.17) is 9.47 Å². The number of ether oxygens (including phenoxy) is 2. The number of anilines is 2. The van der Waals surface area contributed by atoms with Crippen molar-refractivity contribution in [3.8, 4) is 11.8 Å². The molecule has 0 aliphatic heterocycles. The smallest absolute Gasteiger partial charge is 0.407 e. The number of aromatic nitrogens is 3. The summed E-state index contributed by atoms with van der Waals surface area (Å²) in [5.41, 5.74) is 3.37. The molecule has 1 aromatic carbocycles. The first-order valence-corrected chi connectivity index (χ1v) is 14.2. The van der Waals surface area contributed by atoms with Gasteiger partial charge >= 0.3 is 6.09 Å². The summed E-state index contributed by atoms with van der Waals surface area (Å²) in [5, 5.41) is 19.2. The molecule has 1 aliphatic carbocycles. The van der Waals surface area contributed by atoms with Crippen LogP contribution in [0.3, 0.4) is 0 Å². The summed E-state index contributed by atoms with van der Waals surface area (Å²) >= 11 is 1.27. The molecule has 40 heavy (non-hydrogen) atoms. The first-order valence-electron chi connectivity index (χ1n) is 13.2. The molecule has 212 valence electrons. The lowest BCUT2D eigenvalue weighted by atomic mass is 9.91.